The van der Waals surface area contributed by atoms with Gasteiger partial charge in [0.25, 0.3) is 0 Å². The molecular formula is C24H31Cl2OSY-. The van der Waals surface area contributed by atoms with Crippen LogP contribution in [-0.2, 0) is 39.1 Å². The van der Waals surface area contributed by atoms with Crippen molar-refractivity contribution in [2.75, 3.05) is 0 Å². The predicted molar refractivity (Wildman–Crippen MR) is 122 cm³/mol. The van der Waals surface area contributed by atoms with Gasteiger partial charge in [0.1, 0.15) is 4.33 Å². The van der Waals surface area contributed by atoms with Crippen molar-refractivity contribution in [1.29, 1.82) is 0 Å². The molecule has 1 nitrogen and oxygen atoms in total. The van der Waals surface area contributed by atoms with E-state index in [1.54, 1.807) is 11.3 Å². The molecule has 29 heavy (non-hydrogen) atoms. The Kier molecular flexibility index (Phi) is 11.2. The molecule has 0 aliphatic heterocycles. The third kappa shape index (κ3) is 7.30. The third-order valence-corrected chi connectivity index (χ3v) is 7.77. The van der Waals surface area contributed by atoms with Gasteiger partial charge in [-0.15, -0.1) is 33.5 Å². The number of aliphatic hydroxyl groups is 1. The summed E-state index contributed by atoms with van der Waals surface area (Å²) in [5.74, 6) is 0.677. The fraction of sp³-hybridized carbons (Fsp3) is 0.583. The van der Waals surface area contributed by atoms with E-state index in [-0.39, 0.29) is 44.7 Å². The molecular weight excluding hydrogens is 496 g/mol. The fourth-order valence-electron chi connectivity index (χ4n) is 4.50. The van der Waals surface area contributed by atoms with Crippen LogP contribution in [0.1, 0.15) is 86.3 Å². The molecule has 157 valence electrons. The number of aryl methyl sites for hydroxylation is 1. The summed E-state index contributed by atoms with van der Waals surface area (Å²) in [4.78, 5) is 1.40. The van der Waals surface area contributed by atoms with Gasteiger partial charge in [0.15, 0.2) is 0 Å². The largest absolute Gasteiger partial charge is 0.388 e. The Balaban J connectivity index is 0.00000300. The van der Waals surface area contributed by atoms with Crippen LogP contribution in [0.4, 0.5) is 0 Å². The average molecular weight is 527 g/mol. The Morgan fingerprint density at radius 3 is 2.59 bits per heavy atom. The summed E-state index contributed by atoms with van der Waals surface area (Å²) in [6.07, 6.45) is 9.20. The van der Waals surface area contributed by atoms with Crippen molar-refractivity contribution < 1.29 is 37.8 Å². The summed E-state index contributed by atoms with van der Waals surface area (Å²) in [7, 11) is 0. The molecule has 0 saturated heterocycles. The van der Waals surface area contributed by atoms with Crippen molar-refractivity contribution in [2.45, 2.75) is 81.1 Å². The monoisotopic (exact) mass is 526 g/mol. The number of unbranched alkanes of at least 4 members (excludes halogenated alkanes) is 2. The first-order chi connectivity index (χ1) is 13.5. The second kappa shape index (κ2) is 12.6. The summed E-state index contributed by atoms with van der Waals surface area (Å²) in [6.45, 7) is 2.18. The van der Waals surface area contributed by atoms with Gasteiger partial charge in [-0.2, -0.15) is 6.07 Å². The molecule has 1 fully saturated rings. The van der Waals surface area contributed by atoms with Gasteiger partial charge in [0, 0.05) is 38.6 Å². The quantitative estimate of drug-likeness (QED) is 0.190. The molecule has 0 bridgehead atoms. The minimum absolute atomic E-state index is 0. The molecule has 1 heterocycles. The van der Waals surface area contributed by atoms with Crippen molar-refractivity contribution in [3.63, 3.8) is 0 Å². The molecule has 1 N–H and O–H groups in total. The van der Waals surface area contributed by atoms with E-state index in [1.807, 2.05) is 6.07 Å². The maximum atomic E-state index is 10.4. The van der Waals surface area contributed by atoms with Crippen LogP contribution in [-0.4, -0.2) is 9.44 Å². The summed E-state index contributed by atoms with van der Waals surface area (Å²) in [5, 5.41) is 13.6. The van der Waals surface area contributed by atoms with E-state index < -0.39 is 4.33 Å². The van der Waals surface area contributed by atoms with Crippen LogP contribution in [0.2, 0.25) is 0 Å². The van der Waals surface area contributed by atoms with Crippen molar-refractivity contribution in [1.82, 2.24) is 0 Å². The van der Waals surface area contributed by atoms with Crippen molar-refractivity contribution in [3.8, 4) is 0 Å². The molecule has 3 rings (SSSR count). The first-order valence-corrected chi connectivity index (χ1v) is 12.2. The van der Waals surface area contributed by atoms with Gasteiger partial charge >= 0.3 is 0 Å². The average Bonchev–Trinajstić information content (AvgIpc) is 3.30. The number of rotatable bonds is 10. The third-order valence-electron chi connectivity index (χ3n) is 6.06. The van der Waals surface area contributed by atoms with Crippen LogP contribution in [0.15, 0.2) is 36.4 Å². The molecule has 5 heteroatoms. The van der Waals surface area contributed by atoms with Crippen LogP contribution in [0.5, 0.6) is 0 Å². The molecule has 0 spiro atoms. The Hall–Kier alpha value is 0.564. The Morgan fingerprint density at radius 1 is 1.17 bits per heavy atom. The Bertz CT molecular complexity index is 702. The number of aliphatic hydroxyl groups excluding tert-OH is 1. The fourth-order valence-corrected chi connectivity index (χ4v) is 5.99. The smallest absolute Gasteiger partial charge is 0.125 e. The summed E-state index contributed by atoms with van der Waals surface area (Å²) in [6, 6.07) is 12.6. The number of thiophene rings is 1. The second-order valence-electron chi connectivity index (χ2n) is 8.13. The first kappa shape index (κ1) is 25.8. The van der Waals surface area contributed by atoms with E-state index in [1.165, 1.54) is 23.3 Å². The van der Waals surface area contributed by atoms with Crippen molar-refractivity contribution >= 4 is 34.5 Å². The normalized spacial score (nSPS) is 21.7. The summed E-state index contributed by atoms with van der Waals surface area (Å²) in [5.41, 5.74) is 2.21. The van der Waals surface area contributed by atoms with Crippen LogP contribution in [0, 0.1) is 11.3 Å². The van der Waals surface area contributed by atoms with Crippen LogP contribution < -0.4 is 0 Å². The maximum Gasteiger partial charge on any atom is 0.125 e. The minimum atomic E-state index is -0.692. The number of halogens is 2. The topological polar surface area (TPSA) is 20.2 Å². The Morgan fingerprint density at radius 2 is 1.93 bits per heavy atom. The van der Waals surface area contributed by atoms with Gasteiger partial charge in [0.05, 0.1) is 6.10 Å². The molecule has 1 radical (unpaired) electrons. The van der Waals surface area contributed by atoms with E-state index in [9.17, 15) is 5.11 Å². The minimum Gasteiger partial charge on any atom is -0.388 e. The van der Waals surface area contributed by atoms with E-state index in [0.717, 1.165) is 50.5 Å². The molecule has 1 aromatic heterocycles. The summed E-state index contributed by atoms with van der Waals surface area (Å²) < 4.78 is -0.692. The standard InChI is InChI=1S/C24H31Cl2OS.Y/c1-2-3-4-10-22(27)18-11-13-20(14-12-18)23-19(15-16-24(23,25)26)7-5-8-21-9-6-17-28-21;/h6,9,11-14,19,22-23,27H,2-5,7-8,10,15-16H2,1H3;/q-1;/t19-,22?,23-;/m0./s1. The van der Waals surface area contributed by atoms with E-state index in [4.69, 9.17) is 23.2 Å². The molecule has 3 atom stereocenters. The van der Waals surface area contributed by atoms with Gasteiger partial charge < -0.3 is 16.4 Å². The summed E-state index contributed by atoms with van der Waals surface area (Å²) >= 11 is 15.2. The molecule has 1 saturated carbocycles. The predicted octanol–water partition coefficient (Wildman–Crippen LogP) is 7.85. The zero-order valence-electron chi connectivity index (χ0n) is 17.2. The van der Waals surface area contributed by atoms with Gasteiger partial charge in [-0.05, 0) is 36.3 Å². The van der Waals surface area contributed by atoms with Gasteiger partial charge in [-0.25, -0.2) is 6.07 Å². The van der Waals surface area contributed by atoms with E-state index >= 15 is 0 Å². The van der Waals surface area contributed by atoms with Gasteiger partial charge in [-0.3, -0.25) is 0 Å². The first-order valence-electron chi connectivity index (χ1n) is 10.6. The molecule has 1 aliphatic carbocycles. The maximum absolute atomic E-state index is 10.4. The van der Waals surface area contributed by atoms with E-state index in [2.05, 4.69) is 42.6 Å². The van der Waals surface area contributed by atoms with Gasteiger partial charge in [0.2, 0.25) is 0 Å². The zero-order valence-corrected chi connectivity index (χ0v) is 22.4. The number of benzene rings is 1. The number of alkyl halides is 2. The zero-order chi connectivity index (χ0) is 20.0. The van der Waals surface area contributed by atoms with Gasteiger partial charge in [-0.1, -0.05) is 69.7 Å². The van der Waals surface area contributed by atoms with Crippen molar-refractivity contribution in [3.05, 3.63) is 57.8 Å². The second-order valence-corrected chi connectivity index (χ2v) is 10.6. The van der Waals surface area contributed by atoms with Crippen LogP contribution in [0.25, 0.3) is 0 Å². The molecule has 1 aliphatic rings. The van der Waals surface area contributed by atoms with Crippen molar-refractivity contribution in [2.24, 2.45) is 5.92 Å². The SMILES string of the molecule is CCCCCC(O)c1ccc([C@@H]2[C@@H](CCCc3cc[c-]s3)CCC2(Cl)Cl)cc1.[Y]. The number of hydrogen-bond donors (Lipinski definition) is 1. The Labute approximate surface area is 215 Å². The molecule has 1 unspecified atom stereocenters. The van der Waals surface area contributed by atoms with E-state index in [0.29, 0.717) is 5.92 Å². The van der Waals surface area contributed by atoms with Crippen LogP contribution >= 0.6 is 34.5 Å². The number of hydrogen-bond acceptors (Lipinski definition) is 2. The molecule has 1 aromatic carbocycles. The molecule has 2 aromatic rings. The molecule has 0 amide bonds. The van der Waals surface area contributed by atoms with Crippen LogP contribution in [0.3, 0.4) is 0 Å².